The summed E-state index contributed by atoms with van der Waals surface area (Å²) in [6.07, 6.45) is 0. The summed E-state index contributed by atoms with van der Waals surface area (Å²) in [6, 6.07) is 25.0. The molecule has 134 valence electrons. The summed E-state index contributed by atoms with van der Waals surface area (Å²) < 4.78 is 1.95. The van der Waals surface area contributed by atoms with Gasteiger partial charge in [-0.05, 0) is 38.5 Å². The lowest BCUT2D eigenvalue weighted by Crippen LogP contribution is -1.99. The molecular formula is C24H21ClN2. The van der Waals surface area contributed by atoms with Crippen LogP contribution in [0.15, 0.2) is 72.8 Å². The number of rotatable bonds is 3. The van der Waals surface area contributed by atoms with Crippen LogP contribution in [0.5, 0.6) is 0 Å². The van der Waals surface area contributed by atoms with E-state index in [9.17, 15) is 0 Å². The SMILES string of the molecule is Cc1ccc(-c2nn(-c3cccc(C)c3)c(-c3ccc(C)cc3)c2Cl)cc1. The van der Waals surface area contributed by atoms with Crippen LogP contribution in [0.2, 0.25) is 5.02 Å². The molecule has 0 saturated heterocycles. The molecule has 1 heterocycles. The molecule has 0 atom stereocenters. The maximum absolute atomic E-state index is 6.88. The fourth-order valence-electron chi connectivity index (χ4n) is 3.20. The first-order valence-corrected chi connectivity index (χ1v) is 9.40. The predicted molar refractivity (Wildman–Crippen MR) is 114 cm³/mol. The van der Waals surface area contributed by atoms with Gasteiger partial charge in [0.05, 0.1) is 16.4 Å². The van der Waals surface area contributed by atoms with Crippen LogP contribution in [0.25, 0.3) is 28.2 Å². The van der Waals surface area contributed by atoms with Crippen molar-refractivity contribution in [3.63, 3.8) is 0 Å². The fraction of sp³-hybridized carbons (Fsp3) is 0.125. The van der Waals surface area contributed by atoms with Crippen LogP contribution in [0, 0.1) is 20.8 Å². The van der Waals surface area contributed by atoms with Crippen LogP contribution in [0.1, 0.15) is 16.7 Å². The summed E-state index contributed by atoms with van der Waals surface area (Å²) in [5.74, 6) is 0. The summed E-state index contributed by atoms with van der Waals surface area (Å²) in [5.41, 5.74) is 8.41. The van der Waals surface area contributed by atoms with E-state index in [0.717, 1.165) is 28.2 Å². The van der Waals surface area contributed by atoms with Crippen LogP contribution >= 0.6 is 11.6 Å². The predicted octanol–water partition coefficient (Wildman–Crippen LogP) is 6.78. The van der Waals surface area contributed by atoms with Gasteiger partial charge < -0.3 is 0 Å². The van der Waals surface area contributed by atoms with Gasteiger partial charge in [-0.25, -0.2) is 4.68 Å². The number of hydrogen-bond acceptors (Lipinski definition) is 1. The van der Waals surface area contributed by atoms with Crippen molar-refractivity contribution in [3.8, 4) is 28.2 Å². The molecule has 0 amide bonds. The largest absolute Gasteiger partial charge is 0.231 e. The van der Waals surface area contributed by atoms with E-state index < -0.39 is 0 Å². The second-order valence-corrected chi connectivity index (χ2v) is 7.37. The molecule has 4 rings (SSSR count). The van der Waals surface area contributed by atoms with E-state index in [1.54, 1.807) is 0 Å². The highest BCUT2D eigenvalue weighted by molar-refractivity contribution is 6.35. The summed E-state index contributed by atoms with van der Waals surface area (Å²) in [4.78, 5) is 0. The Bertz CT molecular complexity index is 1090. The third kappa shape index (κ3) is 3.41. The van der Waals surface area contributed by atoms with Gasteiger partial charge in [0.1, 0.15) is 5.69 Å². The Hall–Kier alpha value is -2.84. The number of aryl methyl sites for hydroxylation is 3. The average Bonchev–Trinajstić information content (AvgIpc) is 3.00. The lowest BCUT2D eigenvalue weighted by Gasteiger charge is -2.09. The van der Waals surface area contributed by atoms with Crippen molar-refractivity contribution >= 4 is 11.6 Å². The summed E-state index contributed by atoms with van der Waals surface area (Å²) in [5, 5.41) is 5.58. The standard InChI is InChI=1S/C24H21ClN2/c1-16-7-11-19(12-8-16)23-22(25)24(20-13-9-17(2)10-14-20)27(26-23)21-6-4-5-18(3)15-21/h4-15H,1-3H3. The highest BCUT2D eigenvalue weighted by atomic mass is 35.5. The molecule has 3 heteroatoms. The zero-order valence-electron chi connectivity index (χ0n) is 15.7. The summed E-state index contributed by atoms with van der Waals surface area (Å²) in [6.45, 7) is 6.25. The Morgan fingerprint density at radius 2 is 1.30 bits per heavy atom. The van der Waals surface area contributed by atoms with Gasteiger partial charge in [0.2, 0.25) is 0 Å². The van der Waals surface area contributed by atoms with E-state index in [2.05, 4.69) is 87.5 Å². The maximum Gasteiger partial charge on any atom is 0.112 e. The van der Waals surface area contributed by atoms with Gasteiger partial charge in [-0.3, -0.25) is 0 Å². The number of nitrogens with zero attached hydrogens (tertiary/aromatic N) is 2. The monoisotopic (exact) mass is 372 g/mol. The number of aromatic nitrogens is 2. The second kappa shape index (κ2) is 7.05. The Kier molecular flexibility index (Phi) is 4.59. The smallest absolute Gasteiger partial charge is 0.112 e. The Labute approximate surface area is 165 Å². The highest BCUT2D eigenvalue weighted by Gasteiger charge is 2.20. The van der Waals surface area contributed by atoms with E-state index in [4.69, 9.17) is 16.7 Å². The molecule has 0 N–H and O–H groups in total. The van der Waals surface area contributed by atoms with Gasteiger partial charge in [-0.2, -0.15) is 5.10 Å². The minimum atomic E-state index is 0.671. The van der Waals surface area contributed by atoms with Crippen LogP contribution in [-0.4, -0.2) is 9.78 Å². The first kappa shape index (κ1) is 17.6. The van der Waals surface area contributed by atoms with Gasteiger partial charge in [0.25, 0.3) is 0 Å². The summed E-state index contributed by atoms with van der Waals surface area (Å²) >= 11 is 6.88. The average molecular weight is 373 g/mol. The third-order valence-corrected chi connectivity index (χ3v) is 5.08. The minimum Gasteiger partial charge on any atom is -0.231 e. The lowest BCUT2D eigenvalue weighted by atomic mass is 10.1. The minimum absolute atomic E-state index is 0.671. The highest BCUT2D eigenvalue weighted by Crippen LogP contribution is 2.38. The zero-order valence-corrected chi connectivity index (χ0v) is 16.5. The molecule has 0 bridgehead atoms. The molecule has 0 fully saturated rings. The van der Waals surface area contributed by atoms with Crippen molar-refractivity contribution in [3.05, 3.63) is 94.5 Å². The molecule has 0 saturated carbocycles. The second-order valence-electron chi connectivity index (χ2n) is 6.99. The van der Waals surface area contributed by atoms with Crippen LogP contribution < -0.4 is 0 Å². The lowest BCUT2D eigenvalue weighted by molar-refractivity contribution is 0.890. The quantitative estimate of drug-likeness (QED) is 0.387. The molecule has 1 aromatic heterocycles. The maximum atomic E-state index is 6.88. The molecule has 3 aromatic carbocycles. The van der Waals surface area contributed by atoms with Crippen LogP contribution in [0.3, 0.4) is 0 Å². The normalized spacial score (nSPS) is 11.0. The Balaban J connectivity index is 1.97. The Morgan fingerprint density at radius 1 is 0.704 bits per heavy atom. The van der Waals surface area contributed by atoms with Gasteiger partial charge in [0, 0.05) is 11.1 Å². The molecule has 0 radical (unpaired) electrons. The molecule has 0 unspecified atom stereocenters. The van der Waals surface area contributed by atoms with Crippen molar-refractivity contribution in [1.29, 1.82) is 0 Å². The van der Waals surface area contributed by atoms with Gasteiger partial charge in [0.15, 0.2) is 0 Å². The van der Waals surface area contributed by atoms with Crippen LogP contribution in [-0.2, 0) is 0 Å². The van der Waals surface area contributed by atoms with E-state index in [0.29, 0.717) is 5.02 Å². The molecule has 4 aromatic rings. The Morgan fingerprint density at radius 3 is 1.89 bits per heavy atom. The third-order valence-electron chi connectivity index (χ3n) is 4.72. The van der Waals surface area contributed by atoms with E-state index >= 15 is 0 Å². The molecule has 2 nitrogen and oxygen atoms in total. The first-order chi connectivity index (χ1) is 13.0. The molecular weight excluding hydrogens is 352 g/mol. The zero-order chi connectivity index (χ0) is 19.0. The summed E-state index contributed by atoms with van der Waals surface area (Å²) in [7, 11) is 0. The number of halogens is 1. The van der Waals surface area contributed by atoms with E-state index in [-0.39, 0.29) is 0 Å². The molecule has 0 aliphatic carbocycles. The fourth-order valence-corrected chi connectivity index (χ4v) is 3.54. The molecule has 27 heavy (non-hydrogen) atoms. The van der Waals surface area contributed by atoms with Gasteiger partial charge in [-0.1, -0.05) is 83.4 Å². The number of hydrogen-bond donors (Lipinski definition) is 0. The van der Waals surface area contributed by atoms with Gasteiger partial charge in [-0.15, -0.1) is 0 Å². The van der Waals surface area contributed by atoms with E-state index in [1.165, 1.54) is 16.7 Å². The molecule has 0 spiro atoms. The first-order valence-electron chi connectivity index (χ1n) is 9.02. The van der Waals surface area contributed by atoms with Crippen molar-refractivity contribution in [2.45, 2.75) is 20.8 Å². The molecule has 0 aliphatic rings. The van der Waals surface area contributed by atoms with Crippen molar-refractivity contribution in [2.24, 2.45) is 0 Å². The van der Waals surface area contributed by atoms with Crippen molar-refractivity contribution < 1.29 is 0 Å². The van der Waals surface area contributed by atoms with Crippen molar-refractivity contribution in [2.75, 3.05) is 0 Å². The van der Waals surface area contributed by atoms with E-state index in [1.807, 2.05) is 10.7 Å². The number of benzene rings is 3. The topological polar surface area (TPSA) is 17.8 Å². The van der Waals surface area contributed by atoms with Gasteiger partial charge >= 0.3 is 0 Å². The van der Waals surface area contributed by atoms with Crippen molar-refractivity contribution in [1.82, 2.24) is 9.78 Å². The molecule has 0 aliphatic heterocycles. The van der Waals surface area contributed by atoms with Crippen LogP contribution in [0.4, 0.5) is 0 Å².